The maximum atomic E-state index is 12.9. The SMILES string of the molecule is CCOc1cc(CNC)cc(Br)c1OCc1ccc(F)cc1.Cl. The van der Waals surface area contributed by atoms with Crippen LogP contribution in [0, 0.1) is 5.82 Å². The molecule has 0 radical (unpaired) electrons. The van der Waals surface area contributed by atoms with Crippen molar-refractivity contribution in [1.82, 2.24) is 5.32 Å². The lowest BCUT2D eigenvalue weighted by atomic mass is 10.2. The van der Waals surface area contributed by atoms with Crippen LogP contribution in [0.3, 0.4) is 0 Å². The van der Waals surface area contributed by atoms with Crippen molar-refractivity contribution in [3.05, 3.63) is 57.8 Å². The third kappa shape index (κ3) is 5.68. The second kappa shape index (κ2) is 9.75. The topological polar surface area (TPSA) is 30.5 Å². The molecule has 6 heteroatoms. The molecule has 1 N–H and O–H groups in total. The fraction of sp³-hybridized carbons (Fsp3) is 0.294. The van der Waals surface area contributed by atoms with Gasteiger partial charge in [0.1, 0.15) is 12.4 Å². The number of ether oxygens (including phenoxy) is 2. The maximum absolute atomic E-state index is 12.9. The Balaban J connectivity index is 0.00000264. The maximum Gasteiger partial charge on any atom is 0.175 e. The quantitative estimate of drug-likeness (QED) is 0.725. The molecule has 2 aromatic rings. The molecule has 2 rings (SSSR count). The molecular weight excluding hydrogens is 385 g/mol. The molecule has 0 saturated heterocycles. The molecular formula is C17H20BrClFNO2. The molecule has 0 spiro atoms. The number of halogens is 3. The van der Waals surface area contributed by atoms with Crippen LogP contribution in [0.25, 0.3) is 0 Å². The third-order valence-electron chi connectivity index (χ3n) is 3.05. The van der Waals surface area contributed by atoms with E-state index in [0.29, 0.717) is 24.7 Å². The first-order valence-electron chi connectivity index (χ1n) is 7.11. The fourth-order valence-corrected chi connectivity index (χ4v) is 2.67. The van der Waals surface area contributed by atoms with Crippen LogP contribution >= 0.6 is 28.3 Å². The summed E-state index contributed by atoms with van der Waals surface area (Å²) in [5, 5.41) is 3.11. The van der Waals surface area contributed by atoms with Crippen molar-refractivity contribution < 1.29 is 13.9 Å². The van der Waals surface area contributed by atoms with Gasteiger partial charge in [-0.05, 0) is 65.3 Å². The Morgan fingerprint density at radius 3 is 2.39 bits per heavy atom. The van der Waals surface area contributed by atoms with Gasteiger partial charge in [0.15, 0.2) is 11.5 Å². The Morgan fingerprint density at radius 2 is 1.78 bits per heavy atom. The molecule has 0 saturated carbocycles. The van der Waals surface area contributed by atoms with Crippen LogP contribution in [0.5, 0.6) is 11.5 Å². The van der Waals surface area contributed by atoms with Crippen molar-refractivity contribution in [2.24, 2.45) is 0 Å². The molecule has 0 unspecified atom stereocenters. The number of hydrogen-bond acceptors (Lipinski definition) is 3. The van der Waals surface area contributed by atoms with E-state index in [2.05, 4.69) is 21.2 Å². The van der Waals surface area contributed by atoms with E-state index in [4.69, 9.17) is 9.47 Å². The van der Waals surface area contributed by atoms with Crippen LogP contribution in [-0.2, 0) is 13.2 Å². The average molecular weight is 405 g/mol. The minimum Gasteiger partial charge on any atom is -0.490 e. The monoisotopic (exact) mass is 403 g/mol. The van der Waals surface area contributed by atoms with Crippen LogP contribution in [0.15, 0.2) is 40.9 Å². The molecule has 23 heavy (non-hydrogen) atoms. The van der Waals surface area contributed by atoms with E-state index < -0.39 is 0 Å². The molecule has 126 valence electrons. The number of nitrogens with one attached hydrogen (secondary N) is 1. The Labute approximate surface area is 150 Å². The molecule has 0 amide bonds. The van der Waals surface area contributed by atoms with Crippen molar-refractivity contribution >= 4 is 28.3 Å². The Kier molecular flexibility index (Phi) is 8.37. The van der Waals surface area contributed by atoms with E-state index in [1.807, 2.05) is 26.1 Å². The summed E-state index contributed by atoms with van der Waals surface area (Å²) in [4.78, 5) is 0. The summed E-state index contributed by atoms with van der Waals surface area (Å²) in [6.07, 6.45) is 0. The van der Waals surface area contributed by atoms with Crippen LogP contribution in [0.1, 0.15) is 18.1 Å². The van der Waals surface area contributed by atoms with E-state index >= 15 is 0 Å². The van der Waals surface area contributed by atoms with E-state index in [-0.39, 0.29) is 18.2 Å². The smallest absolute Gasteiger partial charge is 0.175 e. The first-order valence-corrected chi connectivity index (χ1v) is 7.90. The molecule has 0 heterocycles. The molecule has 0 bridgehead atoms. The summed E-state index contributed by atoms with van der Waals surface area (Å²) >= 11 is 3.53. The highest BCUT2D eigenvalue weighted by molar-refractivity contribution is 9.10. The molecule has 0 aromatic heterocycles. The van der Waals surface area contributed by atoms with Gasteiger partial charge in [0.05, 0.1) is 11.1 Å². The number of hydrogen-bond donors (Lipinski definition) is 1. The molecule has 2 aromatic carbocycles. The van der Waals surface area contributed by atoms with Crippen molar-refractivity contribution in [2.45, 2.75) is 20.1 Å². The van der Waals surface area contributed by atoms with Crippen molar-refractivity contribution in [3.63, 3.8) is 0 Å². The van der Waals surface area contributed by atoms with Crippen LogP contribution in [-0.4, -0.2) is 13.7 Å². The number of benzene rings is 2. The zero-order chi connectivity index (χ0) is 15.9. The van der Waals surface area contributed by atoms with Gasteiger partial charge in [-0.2, -0.15) is 0 Å². The number of rotatable bonds is 7. The van der Waals surface area contributed by atoms with Gasteiger partial charge in [-0.15, -0.1) is 12.4 Å². The van der Waals surface area contributed by atoms with Gasteiger partial charge in [-0.3, -0.25) is 0 Å². The summed E-state index contributed by atoms with van der Waals surface area (Å²) in [7, 11) is 1.90. The molecule has 0 fully saturated rings. The van der Waals surface area contributed by atoms with Crippen LogP contribution in [0.4, 0.5) is 4.39 Å². The average Bonchev–Trinajstić information content (AvgIpc) is 2.49. The Bertz CT molecular complexity index is 623. The fourth-order valence-electron chi connectivity index (χ4n) is 2.07. The molecule has 0 atom stereocenters. The predicted molar refractivity (Wildman–Crippen MR) is 96.1 cm³/mol. The standard InChI is InChI=1S/C17H19BrFNO2.ClH/c1-3-21-16-9-13(10-20-2)8-15(18)17(16)22-11-12-4-6-14(19)7-5-12;/h4-9,20H,3,10-11H2,1-2H3;1H. The highest BCUT2D eigenvalue weighted by Crippen LogP contribution is 2.37. The predicted octanol–water partition coefficient (Wildman–Crippen LogP) is 4.71. The van der Waals surface area contributed by atoms with Gasteiger partial charge in [0.2, 0.25) is 0 Å². The summed E-state index contributed by atoms with van der Waals surface area (Å²) in [5.74, 6) is 1.10. The molecule has 0 aliphatic heterocycles. The third-order valence-corrected chi connectivity index (χ3v) is 3.64. The Hall–Kier alpha value is -1.30. The summed E-state index contributed by atoms with van der Waals surface area (Å²) < 4.78 is 25.3. The van der Waals surface area contributed by atoms with Crippen molar-refractivity contribution in [1.29, 1.82) is 0 Å². The van der Waals surface area contributed by atoms with Gasteiger partial charge in [0, 0.05) is 6.54 Å². The zero-order valence-corrected chi connectivity index (χ0v) is 15.5. The van der Waals surface area contributed by atoms with Gasteiger partial charge in [0.25, 0.3) is 0 Å². The Morgan fingerprint density at radius 1 is 1.09 bits per heavy atom. The van der Waals surface area contributed by atoms with Gasteiger partial charge in [-0.25, -0.2) is 4.39 Å². The van der Waals surface area contributed by atoms with Gasteiger partial charge >= 0.3 is 0 Å². The van der Waals surface area contributed by atoms with Crippen molar-refractivity contribution in [3.8, 4) is 11.5 Å². The summed E-state index contributed by atoms with van der Waals surface area (Å²) in [6.45, 7) is 3.59. The normalized spacial score (nSPS) is 10.1. The van der Waals surface area contributed by atoms with E-state index in [1.54, 1.807) is 12.1 Å². The molecule has 0 aliphatic rings. The van der Waals surface area contributed by atoms with Gasteiger partial charge < -0.3 is 14.8 Å². The second-order valence-corrected chi connectivity index (χ2v) is 5.64. The first kappa shape index (κ1) is 19.7. The summed E-state index contributed by atoms with van der Waals surface area (Å²) in [5.41, 5.74) is 2.00. The largest absolute Gasteiger partial charge is 0.490 e. The van der Waals surface area contributed by atoms with E-state index in [0.717, 1.165) is 22.1 Å². The van der Waals surface area contributed by atoms with Crippen LogP contribution in [0.2, 0.25) is 0 Å². The van der Waals surface area contributed by atoms with Crippen molar-refractivity contribution in [2.75, 3.05) is 13.7 Å². The molecule has 3 nitrogen and oxygen atoms in total. The zero-order valence-electron chi connectivity index (χ0n) is 13.1. The highest BCUT2D eigenvalue weighted by Gasteiger charge is 2.12. The second-order valence-electron chi connectivity index (χ2n) is 4.78. The summed E-state index contributed by atoms with van der Waals surface area (Å²) in [6, 6.07) is 10.2. The highest BCUT2D eigenvalue weighted by atomic mass is 79.9. The van der Waals surface area contributed by atoms with E-state index in [9.17, 15) is 4.39 Å². The minimum atomic E-state index is -0.253. The van der Waals surface area contributed by atoms with Gasteiger partial charge in [-0.1, -0.05) is 12.1 Å². The van der Waals surface area contributed by atoms with Crippen LogP contribution < -0.4 is 14.8 Å². The first-order chi connectivity index (χ1) is 10.6. The van der Waals surface area contributed by atoms with E-state index in [1.165, 1.54) is 12.1 Å². The lowest BCUT2D eigenvalue weighted by molar-refractivity contribution is 0.267. The lowest BCUT2D eigenvalue weighted by Crippen LogP contribution is -2.07. The lowest BCUT2D eigenvalue weighted by Gasteiger charge is -2.15. The minimum absolute atomic E-state index is 0. The molecule has 0 aliphatic carbocycles.